The number of nitrogens with zero attached hydrogens (tertiary/aromatic N) is 4. The second kappa shape index (κ2) is 3.85. The van der Waals surface area contributed by atoms with Crippen molar-refractivity contribution in [2.75, 3.05) is 31.2 Å². The van der Waals surface area contributed by atoms with Crippen molar-refractivity contribution in [1.29, 1.82) is 5.41 Å². The summed E-state index contributed by atoms with van der Waals surface area (Å²) < 4.78 is 5.86. The summed E-state index contributed by atoms with van der Waals surface area (Å²) in [6, 6.07) is 0. The molecule has 0 bridgehead atoms. The largest absolute Gasteiger partial charge is 0.424 e. The monoisotopic (exact) mass is 211 g/mol. The number of aryl methyl sites for hydroxylation is 1. The van der Waals surface area contributed by atoms with Gasteiger partial charge in [-0.1, -0.05) is 0 Å². The van der Waals surface area contributed by atoms with Gasteiger partial charge in [0.05, 0.1) is 13.2 Å². The summed E-state index contributed by atoms with van der Waals surface area (Å²) in [5, 5.41) is 16.7. The van der Waals surface area contributed by atoms with E-state index in [0.717, 1.165) is 0 Å². The van der Waals surface area contributed by atoms with Crippen LogP contribution < -0.4 is 10.5 Å². The Bertz CT molecular complexity index is 410. The van der Waals surface area contributed by atoms with Gasteiger partial charge in [-0.05, 0) is 6.92 Å². The molecule has 2 N–H and O–H groups in total. The van der Waals surface area contributed by atoms with Crippen LogP contribution in [0.25, 0.3) is 0 Å². The molecule has 0 spiro atoms. The fraction of sp³-hybridized carbons (Fsp3) is 0.625. The Morgan fingerprint density at radius 3 is 2.60 bits per heavy atom. The summed E-state index contributed by atoms with van der Waals surface area (Å²) in [5.41, 5.74) is -0.205. The first-order chi connectivity index (χ1) is 7.18. The number of hydrogen-bond donors (Lipinski definition) is 2. The quantitative estimate of drug-likeness (QED) is 0.590. The van der Waals surface area contributed by atoms with E-state index in [2.05, 4.69) is 9.97 Å². The van der Waals surface area contributed by atoms with Gasteiger partial charge in [-0.15, -0.1) is 4.73 Å². The number of hydrogen-bond acceptors (Lipinski definition) is 6. The molecule has 1 saturated heterocycles. The zero-order valence-corrected chi connectivity index (χ0v) is 8.47. The van der Waals surface area contributed by atoms with Crippen LogP contribution in [0.2, 0.25) is 0 Å². The summed E-state index contributed by atoms with van der Waals surface area (Å²) in [4.78, 5) is 9.94. The molecule has 1 fully saturated rings. The zero-order chi connectivity index (χ0) is 10.8. The van der Waals surface area contributed by atoms with Gasteiger partial charge in [-0.2, -0.15) is 9.97 Å². The van der Waals surface area contributed by atoms with E-state index in [-0.39, 0.29) is 5.62 Å². The Morgan fingerprint density at radius 2 is 2.00 bits per heavy atom. The lowest BCUT2D eigenvalue weighted by atomic mass is 10.4. The van der Waals surface area contributed by atoms with E-state index in [1.54, 1.807) is 6.92 Å². The Morgan fingerprint density at radius 1 is 1.33 bits per heavy atom. The van der Waals surface area contributed by atoms with Crippen LogP contribution in [0.3, 0.4) is 0 Å². The minimum Gasteiger partial charge on any atom is -0.424 e. The fourth-order valence-electron chi connectivity index (χ4n) is 1.42. The Balaban J connectivity index is 2.32. The molecule has 0 aliphatic carbocycles. The lowest BCUT2D eigenvalue weighted by Crippen LogP contribution is -2.39. The third-order valence-corrected chi connectivity index (χ3v) is 2.27. The molecule has 0 unspecified atom stereocenters. The molecule has 1 aromatic heterocycles. The predicted molar refractivity (Wildman–Crippen MR) is 50.8 cm³/mol. The van der Waals surface area contributed by atoms with E-state index in [1.165, 1.54) is 0 Å². The lowest BCUT2D eigenvalue weighted by Gasteiger charge is -2.26. The van der Waals surface area contributed by atoms with Crippen molar-refractivity contribution in [3.05, 3.63) is 11.4 Å². The van der Waals surface area contributed by atoms with E-state index in [0.29, 0.717) is 42.8 Å². The van der Waals surface area contributed by atoms with Gasteiger partial charge in [0.15, 0.2) is 0 Å². The van der Waals surface area contributed by atoms with Crippen molar-refractivity contribution in [2.24, 2.45) is 0 Å². The Labute approximate surface area is 86.4 Å². The maximum atomic E-state index is 9.29. The molecule has 2 heterocycles. The van der Waals surface area contributed by atoms with E-state index in [4.69, 9.17) is 10.1 Å². The van der Waals surface area contributed by atoms with Crippen LogP contribution >= 0.6 is 0 Å². The fourth-order valence-corrected chi connectivity index (χ4v) is 1.42. The summed E-state index contributed by atoms with van der Waals surface area (Å²) in [6.07, 6.45) is 0. The number of rotatable bonds is 1. The molecular formula is C8H13N5O2. The van der Waals surface area contributed by atoms with Gasteiger partial charge in [0.2, 0.25) is 5.95 Å². The van der Waals surface area contributed by atoms with E-state index in [9.17, 15) is 5.21 Å². The van der Waals surface area contributed by atoms with Gasteiger partial charge in [-0.25, -0.2) is 0 Å². The number of ether oxygens (including phenoxy) is 1. The first kappa shape index (κ1) is 9.91. The maximum Gasteiger partial charge on any atom is 0.260 e. The molecule has 0 amide bonds. The Kier molecular flexibility index (Phi) is 2.55. The van der Waals surface area contributed by atoms with Gasteiger partial charge in [-0.3, -0.25) is 5.41 Å². The maximum absolute atomic E-state index is 9.29. The normalized spacial score (nSPS) is 16.7. The minimum atomic E-state index is -0.205. The average molecular weight is 211 g/mol. The highest BCUT2D eigenvalue weighted by Gasteiger charge is 2.15. The molecule has 0 saturated carbocycles. The lowest BCUT2D eigenvalue weighted by molar-refractivity contribution is 0.121. The molecule has 1 aliphatic heterocycles. The molecule has 0 radical (unpaired) electrons. The summed E-state index contributed by atoms with van der Waals surface area (Å²) in [6.45, 7) is 4.35. The third kappa shape index (κ3) is 1.91. The number of anilines is 1. The SMILES string of the molecule is Cc1nc(N2CCOCC2)nc(=N)n1O. The van der Waals surface area contributed by atoms with Crippen molar-refractivity contribution >= 4 is 5.95 Å². The van der Waals surface area contributed by atoms with Gasteiger partial charge in [0.1, 0.15) is 5.82 Å². The third-order valence-electron chi connectivity index (χ3n) is 2.27. The van der Waals surface area contributed by atoms with Crippen LogP contribution in [-0.2, 0) is 4.74 Å². The van der Waals surface area contributed by atoms with E-state index < -0.39 is 0 Å². The molecule has 0 aromatic carbocycles. The van der Waals surface area contributed by atoms with Crippen molar-refractivity contribution in [3.63, 3.8) is 0 Å². The predicted octanol–water partition coefficient (Wildman–Crippen LogP) is -0.860. The molecule has 2 rings (SSSR count). The highest BCUT2D eigenvalue weighted by atomic mass is 16.5. The van der Waals surface area contributed by atoms with Crippen molar-refractivity contribution in [1.82, 2.24) is 14.7 Å². The van der Waals surface area contributed by atoms with Crippen molar-refractivity contribution in [3.8, 4) is 0 Å². The molecule has 7 heteroatoms. The highest BCUT2D eigenvalue weighted by molar-refractivity contribution is 5.28. The van der Waals surface area contributed by atoms with E-state index in [1.807, 2.05) is 4.90 Å². The van der Waals surface area contributed by atoms with Crippen LogP contribution in [0.1, 0.15) is 5.82 Å². The van der Waals surface area contributed by atoms with Crippen molar-refractivity contribution in [2.45, 2.75) is 6.92 Å². The average Bonchev–Trinajstić information content (AvgIpc) is 2.26. The summed E-state index contributed by atoms with van der Waals surface area (Å²) in [7, 11) is 0. The number of nitrogens with one attached hydrogen (secondary N) is 1. The van der Waals surface area contributed by atoms with Crippen LogP contribution in [0.4, 0.5) is 5.95 Å². The number of aromatic nitrogens is 3. The zero-order valence-electron chi connectivity index (χ0n) is 8.47. The first-order valence-corrected chi connectivity index (χ1v) is 4.73. The summed E-state index contributed by atoms with van der Waals surface area (Å²) >= 11 is 0. The summed E-state index contributed by atoms with van der Waals surface area (Å²) in [5.74, 6) is 0.836. The molecule has 15 heavy (non-hydrogen) atoms. The molecule has 0 atom stereocenters. The second-order valence-corrected chi connectivity index (χ2v) is 3.31. The topological polar surface area (TPSA) is 87.3 Å². The van der Waals surface area contributed by atoms with Gasteiger partial charge < -0.3 is 14.8 Å². The van der Waals surface area contributed by atoms with Crippen LogP contribution in [0.5, 0.6) is 0 Å². The van der Waals surface area contributed by atoms with Crippen molar-refractivity contribution < 1.29 is 9.94 Å². The van der Waals surface area contributed by atoms with Gasteiger partial charge in [0.25, 0.3) is 5.62 Å². The van der Waals surface area contributed by atoms with Crippen LogP contribution in [0.15, 0.2) is 0 Å². The standard InChI is InChI=1S/C8H13N5O2/c1-6-10-8(11-7(9)13(6)14)12-2-4-15-5-3-12/h9,14H,2-5H2,1H3. The highest BCUT2D eigenvalue weighted by Crippen LogP contribution is 2.07. The first-order valence-electron chi connectivity index (χ1n) is 4.73. The molecule has 82 valence electrons. The van der Waals surface area contributed by atoms with Gasteiger partial charge in [0, 0.05) is 13.1 Å². The Hall–Kier alpha value is -1.63. The second-order valence-electron chi connectivity index (χ2n) is 3.31. The molecule has 1 aliphatic rings. The minimum absolute atomic E-state index is 0.205. The van der Waals surface area contributed by atoms with Gasteiger partial charge >= 0.3 is 0 Å². The molecule has 7 nitrogen and oxygen atoms in total. The van der Waals surface area contributed by atoms with Crippen LogP contribution in [-0.4, -0.2) is 46.2 Å². The molecule has 1 aromatic rings. The smallest absolute Gasteiger partial charge is 0.260 e. The number of morpholine rings is 1. The molecular weight excluding hydrogens is 198 g/mol. The van der Waals surface area contributed by atoms with Crippen LogP contribution in [0, 0.1) is 12.3 Å². The van der Waals surface area contributed by atoms with E-state index >= 15 is 0 Å².